The molecule has 1 atom stereocenters. The summed E-state index contributed by atoms with van der Waals surface area (Å²) in [7, 11) is 0. The van der Waals surface area contributed by atoms with E-state index in [0.717, 1.165) is 18.9 Å². The van der Waals surface area contributed by atoms with Crippen LogP contribution in [0.2, 0.25) is 0 Å². The predicted molar refractivity (Wildman–Crippen MR) is 65.3 cm³/mol. The van der Waals surface area contributed by atoms with Crippen molar-refractivity contribution in [2.24, 2.45) is 5.92 Å². The van der Waals surface area contributed by atoms with Crippen molar-refractivity contribution in [2.45, 2.75) is 33.8 Å². The van der Waals surface area contributed by atoms with Gasteiger partial charge in [-0.15, -0.1) is 0 Å². The highest BCUT2D eigenvalue weighted by atomic mass is 16.3. The van der Waals surface area contributed by atoms with E-state index in [2.05, 4.69) is 35.6 Å². The zero-order valence-corrected chi connectivity index (χ0v) is 10.3. The van der Waals surface area contributed by atoms with Gasteiger partial charge in [-0.1, -0.05) is 20.3 Å². The molecule has 0 aliphatic carbocycles. The highest BCUT2D eigenvalue weighted by Crippen LogP contribution is 2.12. The second-order valence-electron chi connectivity index (χ2n) is 4.08. The zero-order valence-electron chi connectivity index (χ0n) is 10.3. The van der Waals surface area contributed by atoms with Gasteiger partial charge in [0, 0.05) is 13.1 Å². The molecule has 1 rings (SSSR count). The predicted octanol–water partition coefficient (Wildman–Crippen LogP) is 1.84. The van der Waals surface area contributed by atoms with Gasteiger partial charge in [-0.25, -0.2) is 4.98 Å². The maximum absolute atomic E-state index is 8.89. The highest BCUT2D eigenvalue weighted by molar-refractivity contribution is 5.35. The molecule has 4 nitrogen and oxygen atoms in total. The third-order valence-electron chi connectivity index (χ3n) is 2.79. The van der Waals surface area contributed by atoms with Gasteiger partial charge in [0.1, 0.15) is 5.82 Å². The van der Waals surface area contributed by atoms with Crippen molar-refractivity contribution in [3.8, 4) is 0 Å². The van der Waals surface area contributed by atoms with Crippen molar-refractivity contribution >= 4 is 5.82 Å². The molecule has 0 amide bonds. The Bertz CT molecular complexity index is 300. The first kappa shape index (κ1) is 12.9. The molecule has 1 N–H and O–H groups in total. The molecule has 0 saturated heterocycles. The number of rotatable bonds is 6. The lowest BCUT2D eigenvalue weighted by molar-refractivity contribution is 0.276. The molecule has 16 heavy (non-hydrogen) atoms. The maximum Gasteiger partial charge on any atom is 0.147 e. The number of hydrogen-bond donors (Lipinski definition) is 1. The van der Waals surface area contributed by atoms with Gasteiger partial charge in [-0.05, 0) is 12.8 Å². The molecular formula is C12H21N3O. The molecule has 0 aromatic carbocycles. The van der Waals surface area contributed by atoms with E-state index in [0.29, 0.717) is 11.6 Å². The summed E-state index contributed by atoms with van der Waals surface area (Å²) in [4.78, 5) is 10.7. The molecular weight excluding hydrogens is 202 g/mol. The topological polar surface area (TPSA) is 49.2 Å². The smallest absolute Gasteiger partial charge is 0.147 e. The standard InChI is InChI=1S/C12H21N3O/c1-4-10(3)8-15(5-2)12-7-13-11(9-16)6-14-12/h6-7,10,16H,4-5,8-9H2,1-3H3. The first-order valence-corrected chi connectivity index (χ1v) is 5.87. The van der Waals surface area contributed by atoms with Crippen LogP contribution in [0.4, 0.5) is 5.82 Å². The average Bonchev–Trinajstić information content (AvgIpc) is 2.35. The van der Waals surface area contributed by atoms with Crippen molar-refractivity contribution < 1.29 is 5.11 Å². The fourth-order valence-electron chi connectivity index (χ4n) is 1.48. The Morgan fingerprint density at radius 2 is 2.06 bits per heavy atom. The van der Waals surface area contributed by atoms with Crippen LogP contribution in [0.25, 0.3) is 0 Å². The quantitative estimate of drug-likeness (QED) is 0.799. The Morgan fingerprint density at radius 1 is 1.31 bits per heavy atom. The van der Waals surface area contributed by atoms with Gasteiger partial charge in [0.15, 0.2) is 0 Å². The SMILES string of the molecule is CCC(C)CN(CC)c1cnc(CO)cn1. The summed E-state index contributed by atoms with van der Waals surface area (Å²) in [5, 5.41) is 8.89. The number of aliphatic hydroxyl groups excluding tert-OH is 1. The van der Waals surface area contributed by atoms with Crippen molar-refractivity contribution in [1.82, 2.24) is 9.97 Å². The van der Waals surface area contributed by atoms with Crippen LogP contribution in [-0.2, 0) is 6.61 Å². The Labute approximate surface area is 97.3 Å². The Morgan fingerprint density at radius 3 is 2.50 bits per heavy atom. The molecule has 0 fully saturated rings. The van der Waals surface area contributed by atoms with Gasteiger partial charge in [0.2, 0.25) is 0 Å². The first-order chi connectivity index (χ1) is 7.71. The van der Waals surface area contributed by atoms with E-state index >= 15 is 0 Å². The van der Waals surface area contributed by atoms with E-state index in [4.69, 9.17) is 5.11 Å². The lowest BCUT2D eigenvalue weighted by atomic mass is 10.1. The Hall–Kier alpha value is -1.16. The number of hydrogen-bond acceptors (Lipinski definition) is 4. The van der Waals surface area contributed by atoms with Crippen LogP contribution in [0, 0.1) is 5.92 Å². The minimum absolute atomic E-state index is 0.0508. The molecule has 0 radical (unpaired) electrons. The van der Waals surface area contributed by atoms with Gasteiger partial charge >= 0.3 is 0 Å². The van der Waals surface area contributed by atoms with Crippen LogP contribution < -0.4 is 4.90 Å². The van der Waals surface area contributed by atoms with Crippen LogP contribution in [0.15, 0.2) is 12.4 Å². The van der Waals surface area contributed by atoms with Crippen LogP contribution in [0.3, 0.4) is 0 Å². The summed E-state index contributed by atoms with van der Waals surface area (Å²) >= 11 is 0. The summed E-state index contributed by atoms with van der Waals surface area (Å²) in [5.41, 5.74) is 0.614. The van der Waals surface area contributed by atoms with Gasteiger partial charge in [0.05, 0.1) is 24.7 Å². The summed E-state index contributed by atoms with van der Waals surface area (Å²) in [6.45, 7) is 8.42. The van der Waals surface area contributed by atoms with Crippen molar-refractivity contribution in [2.75, 3.05) is 18.0 Å². The van der Waals surface area contributed by atoms with E-state index < -0.39 is 0 Å². The third-order valence-corrected chi connectivity index (χ3v) is 2.79. The molecule has 0 bridgehead atoms. The molecule has 0 saturated carbocycles. The average molecular weight is 223 g/mol. The zero-order chi connectivity index (χ0) is 12.0. The fourth-order valence-corrected chi connectivity index (χ4v) is 1.48. The number of nitrogens with zero attached hydrogens (tertiary/aromatic N) is 3. The third kappa shape index (κ3) is 3.45. The number of aliphatic hydroxyl groups is 1. The van der Waals surface area contributed by atoms with Crippen LogP contribution in [-0.4, -0.2) is 28.2 Å². The second kappa shape index (κ2) is 6.43. The molecule has 0 aliphatic heterocycles. The molecule has 1 heterocycles. The largest absolute Gasteiger partial charge is 0.390 e. The number of anilines is 1. The van der Waals surface area contributed by atoms with Gasteiger partial charge in [-0.3, -0.25) is 4.98 Å². The molecule has 0 aliphatic rings. The Kier molecular flexibility index (Phi) is 5.19. The van der Waals surface area contributed by atoms with E-state index in [-0.39, 0.29) is 6.61 Å². The second-order valence-corrected chi connectivity index (χ2v) is 4.08. The van der Waals surface area contributed by atoms with Crippen molar-refractivity contribution in [1.29, 1.82) is 0 Å². The maximum atomic E-state index is 8.89. The van der Waals surface area contributed by atoms with Crippen LogP contribution in [0.5, 0.6) is 0 Å². The van der Waals surface area contributed by atoms with Crippen LogP contribution in [0.1, 0.15) is 32.9 Å². The molecule has 4 heteroatoms. The van der Waals surface area contributed by atoms with E-state index in [1.165, 1.54) is 6.42 Å². The van der Waals surface area contributed by atoms with Crippen molar-refractivity contribution in [3.63, 3.8) is 0 Å². The van der Waals surface area contributed by atoms with Gasteiger partial charge in [0.25, 0.3) is 0 Å². The Balaban J connectivity index is 2.70. The monoisotopic (exact) mass is 223 g/mol. The lowest BCUT2D eigenvalue weighted by Gasteiger charge is -2.24. The van der Waals surface area contributed by atoms with E-state index in [9.17, 15) is 0 Å². The molecule has 90 valence electrons. The molecule has 1 unspecified atom stereocenters. The minimum atomic E-state index is -0.0508. The minimum Gasteiger partial charge on any atom is -0.390 e. The molecule has 1 aromatic rings. The summed E-state index contributed by atoms with van der Waals surface area (Å²) < 4.78 is 0. The summed E-state index contributed by atoms with van der Waals surface area (Å²) in [5.74, 6) is 1.54. The summed E-state index contributed by atoms with van der Waals surface area (Å²) in [6.07, 6.45) is 4.53. The number of aromatic nitrogens is 2. The molecule has 1 aromatic heterocycles. The lowest BCUT2D eigenvalue weighted by Crippen LogP contribution is -2.29. The first-order valence-electron chi connectivity index (χ1n) is 5.87. The van der Waals surface area contributed by atoms with Crippen molar-refractivity contribution in [3.05, 3.63) is 18.1 Å². The fraction of sp³-hybridized carbons (Fsp3) is 0.667. The van der Waals surface area contributed by atoms with Crippen LogP contribution >= 0.6 is 0 Å². The summed E-state index contributed by atoms with van der Waals surface area (Å²) in [6, 6.07) is 0. The van der Waals surface area contributed by atoms with E-state index in [1.807, 2.05) is 0 Å². The molecule has 0 spiro atoms. The van der Waals surface area contributed by atoms with E-state index in [1.54, 1.807) is 12.4 Å². The highest BCUT2D eigenvalue weighted by Gasteiger charge is 2.09. The van der Waals surface area contributed by atoms with Gasteiger partial charge in [-0.2, -0.15) is 0 Å². The normalized spacial score (nSPS) is 12.5. The van der Waals surface area contributed by atoms with Gasteiger partial charge < -0.3 is 10.0 Å².